The van der Waals surface area contributed by atoms with E-state index >= 15 is 0 Å². The molecule has 0 unspecified atom stereocenters. The maximum Gasteiger partial charge on any atom is 0.311 e. The highest BCUT2D eigenvalue weighted by Gasteiger charge is 2.27. The standard InChI is InChI=1S/C11H23NO2/c1-6-8(9(12)7-2)10(13)14-11(3,4)5/h8-9H,6-7,12H2,1-5H3/t8-,9-/m0/s1. The smallest absolute Gasteiger partial charge is 0.311 e. The topological polar surface area (TPSA) is 52.3 Å². The Bertz CT molecular complexity index is 184. The van der Waals surface area contributed by atoms with Crippen LogP contribution in [0.4, 0.5) is 0 Å². The summed E-state index contributed by atoms with van der Waals surface area (Å²) in [6.45, 7) is 9.56. The second-order valence-electron chi connectivity index (χ2n) is 4.62. The number of carbonyl (C=O) groups excluding carboxylic acids is 1. The molecule has 0 saturated heterocycles. The molecule has 0 aromatic rings. The van der Waals surface area contributed by atoms with Gasteiger partial charge in [0.25, 0.3) is 0 Å². The van der Waals surface area contributed by atoms with Crippen molar-refractivity contribution in [3.05, 3.63) is 0 Å². The third-order valence-electron chi connectivity index (χ3n) is 2.14. The molecule has 0 aromatic carbocycles. The fraction of sp³-hybridized carbons (Fsp3) is 0.909. The van der Waals surface area contributed by atoms with Crippen LogP contribution in [0.3, 0.4) is 0 Å². The van der Waals surface area contributed by atoms with E-state index in [1.807, 2.05) is 34.6 Å². The number of nitrogens with two attached hydrogens (primary N) is 1. The maximum absolute atomic E-state index is 11.7. The Hall–Kier alpha value is -0.570. The molecule has 0 aliphatic rings. The van der Waals surface area contributed by atoms with Crippen LogP contribution in [0, 0.1) is 5.92 Å². The van der Waals surface area contributed by atoms with E-state index in [9.17, 15) is 4.79 Å². The highest BCUT2D eigenvalue weighted by molar-refractivity contribution is 5.73. The van der Waals surface area contributed by atoms with Gasteiger partial charge in [-0.1, -0.05) is 13.8 Å². The minimum absolute atomic E-state index is 0.0881. The van der Waals surface area contributed by atoms with Crippen LogP contribution in [0.15, 0.2) is 0 Å². The van der Waals surface area contributed by atoms with Crippen LogP contribution in [-0.4, -0.2) is 17.6 Å². The zero-order chi connectivity index (χ0) is 11.4. The van der Waals surface area contributed by atoms with Gasteiger partial charge in [-0.2, -0.15) is 0 Å². The van der Waals surface area contributed by atoms with E-state index in [0.29, 0.717) is 0 Å². The van der Waals surface area contributed by atoms with Gasteiger partial charge in [0.2, 0.25) is 0 Å². The molecule has 0 radical (unpaired) electrons. The molecule has 0 aliphatic carbocycles. The molecule has 3 heteroatoms. The molecule has 0 aliphatic heterocycles. The van der Waals surface area contributed by atoms with Gasteiger partial charge in [-0.3, -0.25) is 4.79 Å². The molecule has 0 aromatic heterocycles. The Kier molecular flexibility index (Phi) is 5.13. The molecule has 2 N–H and O–H groups in total. The van der Waals surface area contributed by atoms with Crippen molar-refractivity contribution in [2.24, 2.45) is 11.7 Å². The number of ether oxygens (including phenoxy) is 1. The number of esters is 1. The van der Waals surface area contributed by atoms with Crippen LogP contribution in [-0.2, 0) is 9.53 Å². The van der Waals surface area contributed by atoms with Gasteiger partial charge >= 0.3 is 5.97 Å². The fourth-order valence-electron chi connectivity index (χ4n) is 1.31. The maximum atomic E-state index is 11.7. The van der Waals surface area contributed by atoms with Crippen molar-refractivity contribution in [1.82, 2.24) is 0 Å². The van der Waals surface area contributed by atoms with Gasteiger partial charge < -0.3 is 10.5 Å². The van der Waals surface area contributed by atoms with Gasteiger partial charge in [-0.05, 0) is 33.6 Å². The van der Waals surface area contributed by atoms with Crippen molar-refractivity contribution in [2.45, 2.75) is 59.1 Å². The molecule has 0 heterocycles. The molecule has 0 fully saturated rings. The zero-order valence-corrected chi connectivity index (χ0v) is 9.96. The van der Waals surface area contributed by atoms with E-state index in [0.717, 1.165) is 12.8 Å². The summed E-state index contributed by atoms with van der Waals surface area (Å²) >= 11 is 0. The van der Waals surface area contributed by atoms with Crippen molar-refractivity contribution in [1.29, 1.82) is 0 Å². The summed E-state index contributed by atoms with van der Waals surface area (Å²) in [5.74, 6) is -0.339. The summed E-state index contributed by atoms with van der Waals surface area (Å²) in [6.07, 6.45) is 1.54. The molecule has 0 rings (SSSR count). The van der Waals surface area contributed by atoms with Gasteiger partial charge in [0.15, 0.2) is 0 Å². The molecular formula is C11H23NO2. The summed E-state index contributed by atoms with van der Waals surface area (Å²) in [6, 6.07) is -0.0881. The van der Waals surface area contributed by atoms with Crippen LogP contribution in [0.1, 0.15) is 47.5 Å². The number of carbonyl (C=O) groups is 1. The Balaban J connectivity index is 4.33. The van der Waals surface area contributed by atoms with Crippen LogP contribution in [0.2, 0.25) is 0 Å². The third kappa shape index (κ3) is 4.61. The second kappa shape index (κ2) is 5.35. The monoisotopic (exact) mass is 201 g/mol. The minimum atomic E-state index is -0.419. The lowest BCUT2D eigenvalue weighted by Gasteiger charge is -2.26. The van der Waals surface area contributed by atoms with Gasteiger partial charge in [0.05, 0.1) is 5.92 Å². The summed E-state index contributed by atoms with van der Waals surface area (Å²) in [5, 5.41) is 0. The first-order valence-corrected chi connectivity index (χ1v) is 5.30. The van der Waals surface area contributed by atoms with E-state index in [2.05, 4.69) is 0 Å². The Morgan fingerprint density at radius 1 is 1.29 bits per heavy atom. The molecule has 84 valence electrons. The zero-order valence-electron chi connectivity index (χ0n) is 9.96. The van der Waals surface area contributed by atoms with E-state index < -0.39 is 5.60 Å². The summed E-state index contributed by atoms with van der Waals surface area (Å²) in [4.78, 5) is 11.7. The van der Waals surface area contributed by atoms with Gasteiger partial charge in [0.1, 0.15) is 5.60 Å². The first-order valence-electron chi connectivity index (χ1n) is 5.30. The van der Waals surface area contributed by atoms with Crippen molar-refractivity contribution in [2.75, 3.05) is 0 Å². The van der Waals surface area contributed by atoms with E-state index in [4.69, 9.17) is 10.5 Å². The average molecular weight is 201 g/mol. The van der Waals surface area contributed by atoms with Crippen LogP contribution >= 0.6 is 0 Å². The van der Waals surface area contributed by atoms with Gasteiger partial charge in [-0.25, -0.2) is 0 Å². The highest BCUT2D eigenvalue weighted by Crippen LogP contribution is 2.16. The van der Waals surface area contributed by atoms with E-state index in [-0.39, 0.29) is 17.9 Å². The number of hydrogen-bond donors (Lipinski definition) is 1. The molecule has 3 nitrogen and oxygen atoms in total. The summed E-state index contributed by atoms with van der Waals surface area (Å²) in [5.41, 5.74) is 5.43. The Labute approximate surface area is 87.0 Å². The molecular weight excluding hydrogens is 178 g/mol. The lowest BCUT2D eigenvalue weighted by atomic mass is 9.95. The van der Waals surface area contributed by atoms with Gasteiger partial charge in [0, 0.05) is 6.04 Å². The Morgan fingerprint density at radius 3 is 2.07 bits per heavy atom. The first-order chi connectivity index (χ1) is 6.31. The van der Waals surface area contributed by atoms with Crippen molar-refractivity contribution < 1.29 is 9.53 Å². The third-order valence-corrected chi connectivity index (χ3v) is 2.14. The van der Waals surface area contributed by atoms with Crippen LogP contribution in [0.25, 0.3) is 0 Å². The number of hydrogen-bond acceptors (Lipinski definition) is 3. The van der Waals surface area contributed by atoms with Gasteiger partial charge in [-0.15, -0.1) is 0 Å². The summed E-state index contributed by atoms with van der Waals surface area (Å²) in [7, 11) is 0. The fourth-order valence-corrected chi connectivity index (χ4v) is 1.31. The predicted octanol–water partition coefficient (Wildman–Crippen LogP) is 2.09. The first kappa shape index (κ1) is 13.4. The van der Waals surface area contributed by atoms with Crippen molar-refractivity contribution in [3.8, 4) is 0 Å². The summed E-state index contributed by atoms with van der Waals surface area (Å²) < 4.78 is 5.29. The molecule has 0 bridgehead atoms. The normalized spacial score (nSPS) is 16.1. The highest BCUT2D eigenvalue weighted by atomic mass is 16.6. The average Bonchev–Trinajstić information content (AvgIpc) is 2.01. The molecule has 2 atom stereocenters. The SMILES string of the molecule is CC[C@H](C(=O)OC(C)(C)C)[C@@H](N)CC. The van der Waals surface area contributed by atoms with E-state index in [1.165, 1.54) is 0 Å². The van der Waals surface area contributed by atoms with Crippen molar-refractivity contribution >= 4 is 5.97 Å². The molecule has 0 spiro atoms. The van der Waals surface area contributed by atoms with Crippen molar-refractivity contribution in [3.63, 3.8) is 0 Å². The van der Waals surface area contributed by atoms with Crippen LogP contribution < -0.4 is 5.73 Å². The molecule has 14 heavy (non-hydrogen) atoms. The largest absolute Gasteiger partial charge is 0.460 e. The minimum Gasteiger partial charge on any atom is -0.460 e. The lowest BCUT2D eigenvalue weighted by molar-refractivity contribution is -0.160. The van der Waals surface area contributed by atoms with E-state index in [1.54, 1.807) is 0 Å². The lowest BCUT2D eigenvalue weighted by Crippen LogP contribution is -2.38. The molecule has 0 saturated carbocycles. The quantitative estimate of drug-likeness (QED) is 0.709. The van der Waals surface area contributed by atoms with Crippen LogP contribution in [0.5, 0.6) is 0 Å². The Morgan fingerprint density at radius 2 is 1.79 bits per heavy atom. The molecule has 0 amide bonds. The second-order valence-corrected chi connectivity index (χ2v) is 4.62. The predicted molar refractivity (Wildman–Crippen MR) is 57.9 cm³/mol. The number of rotatable bonds is 4.